The van der Waals surface area contributed by atoms with Crippen LogP contribution >= 0.6 is 0 Å². The fourth-order valence-electron chi connectivity index (χ4n) is 9.94. The van der Waals surface area contributed by atoms with Gasteiger partial charge in [-0.1, -0.05) is 316 Å². The summed E-state index contributed by atoms with van der Waals surface area (Å²) in [5.41, 5.74) is 0. The van der Waals surface area contributed by atoms with Crippen molar-refractivity contribution in [3.8, 4) is 0 Å². The molecular weight excluding hydrogens is 827 g/mol. The molecule has 6 heteroatoms. The average molecular weight is 949 g/mol. The van der Waals surface area contributed by atoms with Crippen LogP contribution < -0.4 is 5.32 Å². The second-order valence-corrected chi connectivity index (χ2v) is 21.4. The summed E-state index contributed by atoms with van der Waals surface area (Å²) in [5, 5.41) is 23.4. The Labute approximate surface area is 419 Å². The number of ether oxygens (including phenoxy) is 1. The molecule has 0 spiro atoms. The van der Waals surface area contributed by atoms with Crippen LogP contribution in [0.25, 0.3) is 0 Å². The predicted molar refractivity (Wildman–Crippen MR) is 292 cm³/mol. The molecule has 0 radical (unpaired) electrons. The standard InChI is InChI=1S/C61H121NO5/c1-3-5-7-9-11-13-15-17-18-19-20-21-22-23-24-25-26-27-30-33-37-41-45-49-53-59(64)58(57-63)62-60(65)54-50-46-42-38-34-31-28-29-32-36-40-44-48-52-56-67-61(66)55-51-47-43-39-35-16-14-12-10-8-6-4-2/h58-59,63-64H,3-57H2,1-2H3,(H,62,65). The number of hydrogen-bond acceptors (Lipinski definition) is 5. The van der Waals surface area contributed by atoms with Crippen LogP contribution in [-0.2, 0) is 14.3 Å². The molecule has 0 aliphatic heterocycles. The monoisotopic (exact) mass is 948 g/mol. The third-order valence-electron chi connectivity index (χ3n) is 14.7. The highest BCUT2D eigenvalue weighted by Gasteiger charge is 2.20. The van der Waals surface area contributed by atoms with Gasteiger partial charge in [-0.2, -0.15) is 0 Å². The Balaban J connectivity index is 3.42. The summed E-state index contributed by atoms with van der Waals surface area (Å²) in [4.78, 5) is 24.5. The number of hydrogen-bond donors (Lipinski definition) is 3. The third-order valence-corrected chi connectivity index (χ3v) is 14.7. The molecular formula is C61H121NO5. The second-order valence-electron chi connectivity index (χ2n) is 21.4. The van der Waals surface area contributed by atoms with Crippen molar-refractivity contribution >= 4 is 11.9 Å². The van der Waals surface area contributed by atoms with Gasteiger partial charge in [-0.05, 0) is 25.7 Å². The summed E-state index contributed by atoms with van der Waals surface area (Å²) < 4.78 is 5.47. The van der Waals surface area contributed by atoms with Crippen molar-refractivity contribution in [2.45, 2.75) is 366 Å². The minimum atomic E-state index is -0.671. The van der Waals surface area contributed by atoms with Gasteiger partial charge in [-0.25, -0.2) is 0 Å². The fourth-order valence-corrected chi connectivity index (χ4v) is 9.94. The number of carbonyl (C=O) groups excluding carboxylic acids is 2. The molecule has 0 saturated heterocycles. The Hall–Kier alpha value is -1.14. The first-order valence-corrected chi connectivity index (χ1v) is 30.8. The van der Waals surface area contributed by atoms with E-state index in [0.29, 0.717) is 25.9 Å². The molecule has 0 aliphatic carbocycles. The van der Waals surface area contributed by atoms with Crippen molar-refractivity contribution in [1.29, 1.82) is 0 Å². The molecule has 0 fully saturated rings. The van der Waals surface area contributed by atoms with Gasteiger partial charge in [0.15, 0.2) is 0 Å². The van der Waals surface area contributed by atoms with Crippen molar-refractivity contribution < 1.29 is 24.5 Å². The van der Waals surface area contributed by atoms with Gasteiger partial charge in [0, 0.05) is 12.8 Å². The van der Waals surface area contributed by atoms with E-state index in [1.807, 2.05) is 0 Å². The molecule has 0 aromatic heterocycles. The lowest BCUT2D eigenvalue weighted by atomic mass is 10.0. The van der Waals surface area contributed by atoms with Gasteiger partial charge in [0.1, 0.15) is 0 Å². The van der Waals surface area contributed by atoms with Crippen LogP contribution in [0.2, 0.25) is 0 Å². The van der Waals surface area contributed by atoms with Crippen molar-refractivity contribution in [2.75, 3.05) is 13.2 Å². The van der Waals surface area contributed by atoms with E-state index in [0.717, 1.165) is 51.4 Å². The zero-order chi connectivity index (χ0) is 48.6. The number of nitrogens with one attached hydrogen (secondary N) is 1. The normalized spacial score (nSPS) is 12.5. The summed E-state index contributed by atoms with van der Waals surface area (Å²) in [7, 11) is 0. The van der Waals surface area contributed by atoms with E-state index in [2.05, 4.69) is 19.2 Å². The van der Waals surface area contributed by atoms with Crippen LogP contribution in [0.15, 0.2) is 0 Å². The molecule has 400 valence electrons. The van der Waals surface area contributed by atoms with Gasteiger partial charge in [0.25, 0.3) is 0 Å². The number of rotatable bonds is 58. The number of amides is 1. The van der Waals surface area contributed by atoms with Crippen LogP contribution in [0.1, 0.15) is 354 Å². The molecule has 2 atom stereocenters. The zero-order valence-electron chi connectivity index (χ0n) is 45.7. The fraction of sp³-hybridized carbons (Fsp3) is 0.967. The van der Waals surface area contributed by atoms with Gasteiger partial charge >= 0.3 is 5.97 Å². The lowest BCUT2D eigenvalue weighted by Gasteiger charge is -2.22. The predicted octanol–water partition coefficient (Wildman–Crippen LogP) is 19.1. The lowest BCUT2D eigenvalue weighted by Crippen LogP contribution is -2.45. The van der Waals surface area contributed by atoms with E-state index in [1.165, 1.54) is 270 Å². The maximum atomic E-state index is 12.5. The lowest BCUT2D eigenvalue weighted by molar-refractivity contribution is -0.143. The summed E-state index contributed by atoms with van der Waals surface area (Å²) in [6, 6.07) is -0.549. The Kier molecular flexibility index (Phi) is 56.5. The summed E-state index contributed by atoms with van der Waals surface area (Å²) in [6.07, 6.45) is 66.7. The van der Waals surface area contributed by atoms with Crippen molar-refractivity contribution in [1.82, 2.24) is 5.32 Å². The first-order chi connectivity index (χ1) is 33.0. The molecule has 1 amide bonds. The van der Waals surface area contributed by atoms with Crippen LogP contribution in [-0.4, -0.2) is 47.4 Å². The maximum Gasteiger partial charge on any atom is 0.305 e. The molecule has 0 aliphatic rings. The molecule has 0 rings (SSSR count). The summed E-state index contributed by atoms with van der Waals surface area (Å²) in [6.45, 7) is 4.96. The van der Waals surface area contributed by atoms with Crippen LogP contribution in [0.3, 0.4) is 0 Å². The molecule has 0 saturated carbocycles. The van der Waals surface area contributed by atoms with Crippen LogP contribution in [0, 0.1) is 0 Å². The third kappa shape index (κ3) is 54.0. The zero-order valence-corrected chi connectivity index (χ0v) is 45.7. The number of esters is 1. The highest BCUT2D eigenvalue weighted by molar-refractivity contribution is 5.76. The molecule has 6 nitrogen and oxygen atoms in total. The van der Waals surface area contributed by atoms with Crippen molar-refractivity contribution in [3.63, 3.8) is 0 Å². The molecule has 3 N–H and O–H groups in total. The highest BCUT2D eigenvalue weighted by Crippen LogP contribution is 2.18. The smallest absolute Gasteiger partial charge is 0.305 e. The van der Waals surface area contributed by atoms with Crippen molar-refractivity contribution in [3.05, 3.63) is 0 Å². The van der Waals surface area contributed by atoms with E-state index in [4.69, 9.17) is 4.74 Å². The number of aliphatic hydroxyl groups excluding tert-OH is 2. The first-order valence-electron chi connectivity index (χ1n) is 30.8. The number of unbranched alkanes of at least 4 members (excludes halogenated alkanes) is 47. The summed E-state index contributed by atoms with van der Waals surface area (Å²) >= 11 is 0. The molecule has 67 heavy (non-hydrogen) atoms. The molecule has 0 heterocycles. The molecule has 0 aromatic rings. The molecule has 0 bridgehead atoms. The van der Waals surface area contributed by atoms with E-state index >= 15 is 0 Å². The van der Waals surface area contributed by atoms with Gasteiger partial charge in [-0.3, -0.25) is 9.59 Å². The van der Waals surface area contributed by atoms with E-state index in [9.17, 15) is 19.8 Å². The van der Waals surface area contributed by atoms with Crippen molar-refractivity contribution in [2.24, 2.45) is 0 Å². The second kappa shape index (κ2) is 57.4. The maximum absolute atomic E-state index is 12.5. The Morgan fingerprint density at radius 3 is 0.910 bits per heavy atom. The minimum absolute atomic E-state index is 0.0000754. The van der Waals surface area contributed by atoms with Crippen LogP contribution in [0.4, 0.5) is 0 Å². The molecule has 2 unspecified atom stereocenters. The average Bonchev–Trinajstić information content (AvgIpc) is 3.33. The number of aliphatic hydroxyl groups is 2. The molecule has 0 aromatic carbocycles. The first kappa shape index (κ1) is 65.9. The largest absolute Gasteiger partial charge is 0.466 e. The van der Waals surface area contributed by atoms with Gasteiger partial charge in [0.2, 0.25) is 5.91 Å². The van der Waals surface area contributed by atoms with E-state index < -0.39 is 12.1 Å². The van der Waals surface area contributed by atoms with Gasteiger partial charge in [-0.15, -0.1) is 0 Å². The summed E-state index contributed by atoms with van der Waals surface area (Å²) in [5.74, 6) is -0.0403. The van der Waals surface area contributed by atoms with E-state index in [1.54, 1.807) is 0 Å². The van der Waals surface area contributed by atoms with Crippen LogP contribution in [0.5, 0.6) is 0 Å². The topological polar surface area (TPSA) is 95.9 Å². The Morgan fingerprint density at radius 2 is 0.612 bits per heavy atom. The number of carbonyl (C=O) groups is 2. The quantitative estimate of drug-likeness (QED) is 0.0417. The minimum Gasteiger partial charge on any atom is -0.466 e. The Bertz CT molecular complexity index is 959. The Morgan fingerprint density at radius 1 is 0.358 bits per heavy atom. The highest BCUT2D eigenvalue weighted by atomic mass is 16.5. The SMILES string of the molecule is CCCCCCCCCCCCCCCCCCCCCCCCCCC(O)C(CO)NC(=O)CCCCCCCCCCCCCCCCOC(=O)CCCCCCCCCCCCCC. The van der Waals surface area contributed by atoms with Gasteiger partial charge < -0.3 is 20.3 Å². The van der Waals surface area contributed by atoms with E-state index in [-0.39, 0.29) is 18.5 Å². The van der Waals surface area contributed by atoms with Gasteiger partial charge in [0.05, 0.1) is 25.4 Å².